The van der Waals surface area contributed by atoms with Crippen molar-refractivity contribution in [3.8, 4) is 6.07 Å². The first-order valence-corrected chi connectivity index (χ1v) is 11.8. The summed E-state index contributed by atoms with van der Waals surface area (Å²) in [6.45, 7) is 1.65. The van der Waals surface area contributed by atoms with Crippen molar-refractivity contribution in [3.05, 3.63) is 83.2 Å². The van der Waals surface area contributed by atoms with Crippen molar-refractivity contribution in [1.82, 2.24) is 0 Å². The lowest BCUT2D eigenvalue weighted by molar-refractivity contribution is -0.137. The zero-order chi connectivity index (χ0) is 24.0. The lowest BCUT2D eigenvalue weighted by Gasteiger charge is -2.39. The van der Waals surface area contributed by atoms with Crippen molar-refractivity contribution in [1.29, 1.82) is 5.26 Å². The second-order valence-corrected chi connectivity index (χ2v) is 9.30. The summed E-state index contributed by atoms with van der Waals surface area (Å²) in [5.74, 6) is -0.520. The highest BCUT2D eigenvalue weighted by Gasteiger charge is 2.59. The largest absolute Gasteiger partial charge is 0.481 e. The molecule has 0 unspecified atom stereocenters. The molecule has 34 heavy (non-hydrogen) atoms. The van der Waals surface area contributed by atoms with E-state index in [0.717, 1.165) is 30.4 Å². The van der Waals surface area contributed by atoms with Crippen LogP contribution < -0.4 is 0 Å². The molecule has 0 aromatic heterocycles. The van der Waals surface area contributed by atoms with Crippen molar-refractivity contribution in [2.75, 3.05) is 13.2 Å². The highest BCUT2D eigenvalue weighted by molar-refractivity contribution is 5.66. The van der Waals surface area contributed by atoms with Gasteiger partial charge in [0.25, 0.3) is 0 Å². The molecule has 6 heteroatoms. The van der Waals surface area contributed by atoms with Gasteiger partial charge < -0.3 is 14.6 Å². The quantitative estimate of drug-likeness (QED) is 0.357. The van der Waals surface area contributed by atoms with Crippen LogP contribution in [0.5, 0.6) is 0 Å². The zero-order valence-electron chi connectivity index (χ0n) is 19.2. The normalized spacial score (nSPS) is 25.6. The summed E-state index contributed by atoms with van der Waals surface area (Å²) < 4.78 is 25.9. The molecule has 4 rings (SSSR count). The number of benzene rings is 2. The summed E-state index contributed by atoms with van der Waals surface area (Å²) in [7, 11) is 0. The third-order valence-corrected chi connectivity index (χ3v) is 7.22. The summed E-state index contributed by atoms with van der Waals surface area (Å²) in [6, 6.07) is 16.3. The molecule has 5 nitrogen and oxygen atoms in total. The van der Waals surface area contributed by atoms with Crippen LogP contribution >= 0.6 is 0 Å². The Labute approximate surface area is 199 Å². The molecule has 4 atom stereocenters. The second-order valence-electron chi connectivity index (χ2n) is 9.30. The number of rotatable bonds is 11. The summed E-state index contributed by atoms with van der Waals surface area (Å²) >= 11 is 0. The predicted molar refractivity (Wildman–Crippen MR) is 125 cm³/mol. The molecule has 2 bridgehead atoms. The molecule has 2 aromatic rings. The molecular formula is C28H30FNO4. The van der Waals surface area contributed by atoms with Gasteiger partial charge in [0.1, 0.15) is 5.82 Å². The molecule has 2 fully saturated rings. The first-order chi connectivity index (χ1) is 16.5. The Morgan fingerprint density at radius 2 is 1.97 bits per heavy atom. The van der Waals surface area contributed by atoms with Gasteiger partial charge in [-0.25, -0.2) is 4.39 Å². The Hall–Kier alpha value is -3.01. The molecule has 1 saturated heterocycles. The third kappa shape index (κ3) is 5.38. The SMILES string of the molecule is N#Cc1ccc(COC[C@@H]2[C@@H]3C[C@@](c4ccc(F)cc4)(CO3)[C@H]2CC=CCCCC(=O)O)cc1. The Morgan fingerprint density at radius 1 is 1.21 bits per heavy atom. The van der Waals surface area contributed by atoms with Crippen LogP contribution in [0.1, 0.15) is 48.8 Å². The molecule has 1 heterocycles. The van der Waals surface area contributed by atoms with Crippen molar-refractivity contribution in [2.24, 2.45) is 11.8 Å². The van der Waals surface area contributed by atoms with Gasteiger partial charge in [0.2, 0.25) is 0 Å². The van der Waals surface area contributed by atoms with Gasteiger partial charge in [0.05, 0.1) is 37.6 Å². The fraction of sp³-hybridized carbons (Fsp3) is 0.429. The van der Waals surface area contributed by atoms with E-state index >= 15 is 0 Å². The van der Waals surface area contributed by atoms with E-state index in [1.165, 1.54) is 12.1 Å². The summed E-state index contributed by atoms with van der Waals surface area (Å²) in [6.07, 6.45) is 7.60. The minimum Gasteiger partial charge on any atom is -0.481 e. The number of carboxylic acids is 1. The molecule has 2 aliphatic rings. The number of ether oxygens (including phenoxy) is 2. The van der Waals surface area contributed by atoms with Crippen LogP contribution in [-0.2, 0) is 26.3 Å². The number of allylic oxidation sites excluding steroid dienone is 2. The van der Waals surface area contributed by atoms with E-state index in [1.54, 1.807) is 12.1 Å². The number of carbonyl (C=O) groups is 1. The van der Waals surface area contributed by atoms with E-state index in [1.807, 2.05) is 24.3 Å². The number of hydrogen-bond donors (Lipinski definition) is 1. The number of hydrogen-bond acceptors (Lipinski definition) is 4. The number of nitrogens with zero attached hydrogens (tertiary/aromatic N) is 1. The number of halogens is 1. The van der Waals surface area contributed by atoms with Crippen molar-refractivity contribution < 1.29 is 23.8 Å². The molecule has 1 saturated carbocycles. The minimum absolute atomic E-state index is 0.0939. The first-order valence-electron chi connectivity index (χ1n) is 11.8. The maximum absolute atomic E-state index is 13.6. The minimum atomic E-state index is -0.770. The van der Waals surface area contributed by atoms with Crippen LogP contribution in [0.3, 0.4) is 0 Å². The molecule has 178 valence electrons. The van der Waals surface area contributed by atoms with Crippen molar-refractivity contribution >= 4 is 5.97 Å². The average molecular weight is 464 g/mol. The Kier molecular flexibility index (Phi) is 7.77. The van der Waals surface area contributed by atoms with Gasteiger partial charge in [-0.3, -0.25) is 4.79 Å². The molecule has 1 aliphatic carbocycles. The van der Waals surface area contributed by atoms with Crippen LogP contribution in [0.25, 0.3) is 0 Å². The zero-order valence-corrected chi connectivity index (χ0v) is 19.2. The molecule has 0 amide bonds. The van der Waals surface area contributed by atoms with Crippen molar-refractivity contribution in [2.45, 2.75) is 50.2 Å². The van der Waals surface area contributed by atoms with E-state index in [2.05, 4.69) is 18.2 Å². The predicted octanol–water partition coefficient (Wildman–Crippen LogP) is 5.39. The van der Waals surface area contributed by atoms with E-state index in [9.17, 15) is 9.18 Å². The number of fused-ring (bicyclic) bond motifs is 2. The first kappa shape index (κ1) is 24.1. The number of aliphatic carboxylic acids is 1. The van der Waals surface area contributed by atoms with Crippen LogP contribution in [0.2, 0.25) is 0 Å². The average Bonchev–Trinajstić information content (AvgIpc) is 3.40. The molecular weight excluding hydrogens is 433 g/mol. The van der Waals surface area contributed by atoms with Crippen LogP contribution in [-0.4, -0.2) is 30.4 Å². The van der Waals surface area contributed by atoms with E-state index in [-0.39, 0.29) is 35.6 Å². The lowest BCUT2D eigenvalue weighted by atomic mass is 9.69. The molecule has 2 aromatic carbocycles. The second kappa shape index (κ2) is 10.9. The summed E-state index contributed by atoms with van der Waals surface area (Å²) in [5, 5.41) is 17.8. The maximum atomic E-state index is 13.6. The van der Waals surface area contributed by atoms with Crippen LogP contribution in [0.4, 0.5) is 4.39 Å². The van der Waals surface area contributed by atoms with Gasteiger partial charge in [-0.15, -0.1) is 0 Å². The molecule has 1 N–H and O–H groups in total. The van der Waals surface area contributed by atoms with Gasteiger partial charge in [0, 0.05) is 17.8 Å². The number of nitriles is 1. The highest BCUT2D eigenvalue weighted by atomic mass is 19.1. The monoisotopic (exact) mass is 463 g/mol. The summed E-state index contributed by atoms with van der Waals surface area (Å²) in [4.78, 5) is 10.7. The van der Waals surface area contributed by atoms with Crippen LogP contribution in [0.15, 0.2) is 60.7 Å². The third-order valence-electron chi connectivity index (χ3n) is 7.22. The number of unbranched alkanes of at least 4 members (excludes halogenated alkanes) is 1. The fourth-order valence-electron chi connectivity index (χ4n) is 5.48. The van der Waals surface area contributed by atoms with Gasteiger partial charge in [-0.2, -0.15) is 5.26 Å². The lowest BCUT2D eigenvalue weighted by Crippen LogP contribution is -2.41. The van der Waals surface area contributed by atoms with Gasteiger partial charge >= 0.3 is 5.97 Å². The fourth-order valence-corrected chi connectivity index (χ4v) is 5.48. The number of carboxylic acid groups (broad SMARTS) is 1. The van der Waals surface area contributed by atoms with E-state index in [0.29, 0.717) is 31.8 Å². The smallest absolute Gasteiger partial charge is 0.303 e. The Bertz CT molecular complexity index is 1040. The van der Waals surface area contributed by atoms with Gasteiger partial charge in [0.15, 0.2) is 0 Å². The highest BCUT2D eigenvalue weighted by Crippen LogP contribution is 2.56. The standard InChI is InChI=1S/C28H30FNO4/c29-23-13-11-22(12-14-23)28-15-26(34-19-28)24(25(28)5-3-1-2-4-6-27(31)32)18-33-17-21-9-7-20(16-30)8-10-21/h1,3,7-14,24-26H,2,4-6,15,17-19H2,(H,31,32)/t24-,25-,26-,28-/m0/s1. The van der Waals surface area contributed by atoms with Crippen molar-refractivity contribution in [3.63, 3.8) is 0 Å². The Balaban J connectivity index is 1.45. The molecule has 1 aliphatic heterocycles. The van der Waals surface area contributed by atoms with E-state index in [4.69, 9.17) is 19.8 Å². The maximum Gasteiger partial charge on any atom is 0.303 e. The van der Waals surface area contributed by atoms with Crippen LogP contribution in [0, 0.1) is 29.0 Å². The summed E-state index contributed by atoms with van der Waals surface area (Å²) in [5.41, 5.74) is 2.58. The van der Waals surface area contributed by atoms with Gasteiger partial charge in [-0.05, 0) is 67.0 Å². The topological polar surface area (TPSA) is 79.5 Å². The Morgan fingerprint density at radius 3 is 2.68 bits per heavy atom. The molecule has 0 radical (unpaired) electrons. The molecule has 0 spiro atoms. The van der Waals surface area contributed by atoms with E-state index < -0.39 is 5.97 Å². The van der Waals surface area contributed by atoms with Gasteiger partial charge in [-0.1, -0.05) is 36.4 Å².